The monoisotopic (exact) mass is 473 g/mol. The predicted molar refractivity (Wildman–Crippen MR) is 129 cm³/mol. The van der Waals surface area contributed by atoms with Gasteiger partial charge in [-0.05, 0) is 73.7 Å². The zero-order valence-corrected chi connectivity index (χ0v) is 21.6. The van der Waals surface area contributed by atoms with Crippen molar-refractivity contribution in [3.05, 3.63) is 36.5 Å². The van der Waals surface area contributed by atoms with Gasteiger partial charge < -0.3 is 23.2 Å². The normalized spacial score (nSPS) is 32.5. The van der Waals surface area contributed by atoms with Gasteiger partial charge in [-0.3, -0.25) is 4.57 Å². The third kappa shape index (κ3) is 4.32. The fourth-order valence-electron chi connectivity index (χ4n) is 6.62. The minimum Gasteiger partial charge on any atom is -1.00 e. The van der Waals surface area contributed by atoms with Gasteiger partial charge >= 0.3 is 5.65 Å². The number of aliphatic hydroxyl groups is 1. The zero-order chi connectivity index (χ0) is 23.3. The smallest absolute Gasteiger partial charge is 0.307 e. The van der Waals surface area contributed by atoms with Gasteiger partial charge in [0.15, 0.2) is 18.5 Å². The highest BCUT2D eigenvalue weighted by molar-refractivity contribution is 5.79. The second-order valence-electron chi connectivity index (χ2n) is 10.9. The van der Waals surface area contributed by atoms with Crippen molar-refractivity contribution < 1.29 is 22.1 Å². The molecule has 3 N–H and O–H groups in total. The molecule has 2 saturated carbocycles. The van der Waals surface area contributed by atoms with E-state index in [1.165, 1.54) is 24.7 Å². The van der Waals surface area contributed by atoms with Crippen molar-refractivity contribution in [1.82, 2.24) is 14.5 Å². The topological polar surface area (TPSA) is 80.8 Å². The van der Waals surface area contributed by atoms with Gasteiger partial charge in [-0.15, -0.1) is 0 Å². The molecule has 2 aliphatic carbocycles. The number of rotatable bonds is 5. The van der Waals surface area contributed by atoms with Crippen LogP contribution in [-0.2, 0) is 13.6 Å². The molecule has 0 bridgehead atoms. The number of halogens is 1. The van der Waals surface area contributed by atoms with Crippen molar-refractivity contribution >= 4 is 17.0 Å². The van der Waals surface area contributed by atoms with Crippen LogP contribution < -0.4 is 22.7 Å². The molecule has 7 heteroatoms. The Kier molecular flexibility index (Phi) is 7.30. The third-order valence-electron chi connectivity index (χ3n) is 9.11. The molecule has 0 aliphatic heterocycles. The molecular weight excluding hydrogens is 434 g/mol. The van der Waals surface area contributed by atoms with Gasteiger partial charge in [0, 0.05) is 0 Å². The lowest BCUT2D eigenvalue weighted by Crippen LogP contribution is -3.00. The molecule has 0 unspecified atom stereocenters. The van der Waals surface area contributed by atoms with Crippen LogP contribution in [0.4, 0.5) is 5.82 Å². The first-order chi connectivity index (χ1) is 15.1. The Hall–Kier alpha value is -1.92. The van der Waals surface area contributed by atoms with Crippen molar-refractivity contribution in [2.24, 2.45) is 29.7 Å². The third-order valence-corrected chi connectivity index (χ3v) is 9.11. The molecule has 0 spiro atoms. The summed E-state index contributed by atoms with van der Waals surface area (Å²) in [6.07, 6.45) is 12.1. The average Bonchev–Trinajstić information content (AvgIpc) is 3.09. The summed E-state index contributed by atoms with van der Waals surface area (Å²) in [4.78, 5) is 8.53. The first kappa shape index (κ1) is 25.7. The van der Waals surface area contributed by atoms with E-state index >= 15 is 0 Å². The van der Waals surface area contributed by atoms with E-state index in [0.717, 1.165) is 49.0 Å². The van der Waals surface area contributed by atoms with Gasteiger partial charge in [0.25, 0.3) is 0 Å². The zero-order valence-electron chi connectivity index (χ0n) is 20.8. The minimum absolute atomic E-state index is 0. The van der Waals surface area contributed by atoms with E-state index in [9.17, 15) is 5.11 Å². The van der Waals surface area contributed by atoms with Crippen LogP contribution in [0.15, 0.2) is 36.5 Å². The van der Waals surface area contributed by atoms with E-state index in [1.54, 1.807) is 0 Å². The Morgan fingerprint density at radius 3 is 2.79 bits per heavy atom. The Balaban J connectivity index is 0.00000306. The van der Waals surface area contributed by atoms with E-state index in [4.69, 9.17) is 5.73 Å². The molecule has 2 aromatic rings. The summed E-state index contributed by atoms with van der Waals surface area (Å²) in [5.74, 6) is 1.79. The minimum atomic E-state index is -0.329. The van der Waals surface area contributed by atoms with Crippen molar-refractivity contribution in [1.29, 1.82) is 0 Å². The summed E-state index contributed by atoms with van der Waals surface area (Å²) in [6.45, 7) is 14.6. The molecule has 2 fully saturated rings. The maximum atomic E-state index is 10.5. The van der Waals surface area contributed by atoms with E-state index < -0.39 is 0 Å². The number of aliphatic hydroxyl groups excluding tert-OH is 1. The maximum Gasteiger partial charge on any atom is 0.307 e. The molecule has 2 aromatic heterocycles. The molecule has 4 rings (SSSR count). The van der Waals surface area contributed by atoms with E-state index in [1.807, 2.05) is 17.9 Å². The molecule has 2 heterocycles. The number of nitrogens with zero attached hydrogens (tertiary/aromatic N) is 4. The molecule has 0 amide bonds. The van der Waals surface area contributed by atoms with Crippen LogP contribution in [0.3, 0.4) is 0 Å². The van der Waals surface area contributed by atoms with Gasteiger partial charge in [-0.1, -0.05) is 44.0 Å². The van der Waals surface area contributed by atoms with Crippen molar-refractivity contribution in [2.75, 3.05) is 5.73 Å². The van der Waals surface area contributed by atoms with Crippen LogP contribution >= 0.6 is 0 Å². The Morgan fingerprint density at radius 1 is 1.33 bits per heavy atom. The van der Waals surface area contributed by atoms with E-state index in [0.29, 0.717) is 17.7 Å². The number of anilines is 1. The van der Waals surface area contributed by atoms with Gasteiger partial charge in [0.05, 0.1) is 19.7 Å². The summed E-state index contributed by atoms with van der Waals surface area (Å²) in [5, 5.41) is 10.5. The lowest BCUT2D eigenvalue weighted by molar-refractivity contribution is -0.647. The second-order valence-corrected chi connectivity index (χ2v) is 10.9. The van der Waals surface area contributed by atoms with Crippen LogP contribution in [0.2, 0.25) is 0 Å². The van der Waals surface area contributed by atoms with Crippen molar-refractivity contribution in [3.8, 4) is 0 Å². The van der Waals surface area contributed by atoms with E-state index in [2.05, 4.69) is 54.9 Å². The molecular formula is C26H40ClN5O. The quantitative estimate of drug-likeness (QED) is 0.507. The number of fused-ring (bicyclic) bond motifs is 2. The number of allylic oxidation sites excluding steroid dienone is 2. The number of hydrogen-bond donors (Lipinski definition) is 2. The highest BCUT2D eigenvalue weighted by Gasteiger charge is 2.55. The summed E-state index contributed by atoms with van der Waals surface area (Å²) in [6, 6.07) is 0. The number of aromatic nitrogens is 4. The standard InChI is InChI=1S/C26H40N5O.ClH/c1-17(11-14-31-16-30(6)24-22(31)23(27)28-15-29-24)9-12-25(4)18(2)10-13-26(5)19(3)20(32)7-8-21(25)26;/h11,15-16,18,20-21,32H,3,7-10,12-14H2,1-2,4-6H3,(H2,27,28,29);1H/q+1;/p-1/b17-11+;/t18-,20+,21-,25+,26-;/m0./s1. The van der Waals surface area contributed by atoms with Crippen molar-refractivity contribution in [3.63, 3.8) is 0 Å². The first-order valence-electron chi connectivity index (χ1n) is 12.1. The molecule has 5 atom stereocenters. The lowest BCUT2D eigenvalue weighted by atomic mass is 9.46. The molecule has 2 aliphatic rings. The summed E-state index contributed by atoms with van der Waals surface area (Å²) >= 11 is 0. The second kappa shape index (κ2) is 9.38. The molecule has 0 aromatic carbocycles. The Morgan fingerprint density at radius 2 is 2.06 bits per heavy atom. The summed E-state index contributed by atoms with van der Waals surface area (Å²) < 4.78 is 4.12. The molecule has 33 heavy (non-hydrogen) atoms. The van der Waals surface area contributed by atoms with Crippen LogP contribution in [0.5, 0.6) is 0 Å². The molecule has 182 valence electrons. The fraction of sp³-hybridized carbons (Fsp3) is 0.654. The van der Waals surface area contributed by atoms with Gasteiger partial charge in [0.1, 0.15) is 0 Å². The first-order valence-corrected chi connectivity index (χ1v) is 12.1. The predicted octanol–water partition coefficient (Wildman–Crippen LogP) is 1.34. The fourth-order valence-corrected chi connectivity index (χ4v) is 6.62. The summed E-state index contributed by atoms with van der Waals surface area (Å²) in [7, 11) is 1.99. The van der Waals surface area contributed by atoms with Gasteiger partial charge in [-0.25, -0.2) is 4.57 Å². The van der Waals surface area contributed by atoms with Crippen LogP contribution in [-0.4, -0.2) is 25.7 Å². The van der Waals surface area contributed by atoms with E-state index in [-0.39, 0.29) is 29.3 Å². The highest BCUT2D eigenvalue weighted by Crippen LogP contribution is 2.62. The number of imidazole rings is 1. The van der Waals surface area contributed by atoms with Gasteiger partial charge in [-0.2, -0.15) is 4.98 Å². The molecule has 0 radical (unpaired) electrons. The van der Waals surface area contributed by atoms with Crippen LogP contribution in [0, 0.1) is 22.7 Å². The van der Waals surface area contributed by atoms with Crippen LogP contribution in [0.25, 0.3) is 11.2 Å². The number of hydrogen-bond acceptors (Lipinski definition) is 4. The maximum absolute atomic E-state index is 10.5. The lowest BCUT2D eigenvalue weighted by Gasteiger charge is -2.59. The largest absolute Gasteiger partial charge is 1.00 e. The molecule has 6 nitrogen and oxygen atoms in total. The highest BCUT2D eigenvalue weighted by atomic mass is 35.5. The van der Waals surface area contributed by atoms with Crippen molar-refractivity contribution in [2.45, 2.75) is 78.9 Å². The SMILES string of the molecule is C=C1[C@H](O)CC[C@H]2[C@](C)(CC/C(C)=C/Cn3c[n+](C)c4ncnc(N)c43)[C@@H](C)CC[C@@]12C.[Cl-]. The van der Waals surface area contributed by atoms with Gasteiger partial charge in [0.2, 0.25) is 5.52 Å². The summed E-state index contributed by atoms with van der Waals surface area (Å²) in [5.41, 5.74) is 10.7. The molecule has 0 saturated heterocycles. The van der Waals surface area contributed by atoms with Crippen LogP contribution in [0.1, 0.15) is 66.2 Å². The Labute approximate surface area is 204 Å². The number of nitrogen functional groups attached to an aromatic ring is 1. The Bertz CT molecular complexity index is 1060. The number of nitrogens with two attached hydrogens (primary N) is 1. The average molecular weight is 474 g/mol. The number of aryl methyl sites for hydroxylation is 1.